The third kappa shape index (κ3) is 1.72. The van der Waals surface area contributed by atoms with E-state index in [1.54, 1.807) is 0 Å². The van der Waals surface area contributed by atoms with Crippen molar-refractivity contribution in [1.29, 1.82) is 0 Å². The number of nitrogens with zero attached hydrogens (tertiary/aromatic N) is 1. The first kappa shape index (κ1) is 11.4. The molecule has 0 aromatic heterocycles. The SMILES string of the molecule is CN(C)[C@@]12CCCCCC[C@@H]1S(=O)(=O)C2. The van der Waals surface area contributed by atoms with Crippen molar-refractivity contribution >= 4 is 9.84 Å². The molecule has 2 atom stereocenters. The molecule has 4 heteroatoms. The molecule has 0 aromatic carbocycles. The van der Waals surface area contributed by atoms with Gasteiger partial charge in [0.05, 0.1) is 16.5 Å². The fourth-order valence-electron chi connectivity index (χ4n) is 3.21. The van der Waals surface area contributed by atoms with Crippen molar-refractivity contribution in [2.75, 3.05) is 19.8 Å². The van der Waals surface area contributed by atoms with E-state index in [1.807, 2.05) is 14.1 Å². The van der Waals surface area contributed by atoms with Crippen LogP contribution in [-0.2, 0) is 9.84 Å². The molecule has 0 spiro atoms. The maximum absolute atomic E-state index is 11.8. The summed E-state index contributed by atoms with van der Waals surface area (Å²) in [6.07, 6.45) is 6.67. The molecule has 3 nitrogen and oxygen atoms in total. The van der Waals surface area contributed by atoms with Gasteiger partial charge in [-0.25, -0.2) is 8.42 Å². The van der Waals surface area contributed by atoms with Crippen LogP contribution >= 0.6 is 0 Å². The number of hydrogen-bond donors (Lipinski definition) is 0. The van der Waals surface area contributed by atoms with Crippen molar-refractivity contribution < 1.29 is 8.42 Å². The van der Waals surface area contributed by atoms with E-state index in [4.69, 9.17) is 0 Å². The Kier molecular flexibility index (Phi) is 2.84. The molecule has 88 valence electrons. The highest BCUT2D eigenvalue weighted by atomic mass is 32.2. The normalized spacial score (nSPS) is 40.1. The van der Waals surface area contributed by atoms with Crippen LogP contribution in [-0.4, -0.2) is 44.0 Å². The van der Waals surface area contributed by atoms with E-state index in [0.717, 1.165) is 19.3 Å². The zero-order valence-electron chi connectivity index (χ0n) is 9.70. The molecule has 0 unspecified atom stereocenters. The van der Waals surface area contributed by atoms with Crippen molar-refractivity contribution in [3.8, 4) is 0 Å². The summed E-state index contributed by atoms with van der Waals surface area (Å²) in [6.45, 7) is 0. The molecule has 0 radical (unpaired) electrons. The predicted molar refractivity (Wildman–Crippen MR) is 61.7 cm³/mol. The highest BCUT2D eigenvalue weighted by Gasteiger charge is 2.58. The van der Waals surface area contributed by atoms with Crippen LogP contribution in [0, 0.1) is 0 Å². The number of fused-ring (bicyclic) bond motifs is 1. The fraction of sp³-hybridized carbons (Fsp3) is 1.00. The van der Waals surface area contributed by atoms with E-state index in [-0.39, 0.29) is 10.8 Å². The van der Waals surface area contributed by atoms with Crippen LogP contribution in [0.1, 0.15) is 38.5 Å². The van der Waals surface area contributed by atoms with Crippen LogP contribution in [0.5, 0.6) is 0 Å². The van der Waals surface area contributed by atoms with E-state index in [0.29, 0.717) is 5.75 Å². The van der Waals surface area contributed by atoms with Crippen LogP contribution < -0.4 is 0 Å². The molecule has 0 bridgehead atoms. The zero-order valence-corrected chi connectivity index (χ0v) is 10.5. The van der Waals surface area contributed by atoms with Gasteiger partial charge in [-0.05, 0) is 26.9 Å². The quantitative estimate of drug-likeness (QED) is 0.685. The van der Waals surface area contributed by atoms with Gasteiger partial charge in [-0.3, -0.25) is 0 Å². The topological polar surface area (TPSA) is 37.4 Å². The monoisotopic (exact) mass is 231 g/mol. The Hall–Kier alpha value is -0.0900. The molecule has 2 fully saturated rings. The van der Waals surface area contributed by atoms with Gasteiger partial charge >= 0.3 is 0 Å². The zero-order chi connectivity index (χ0) is 11.1. The van der Waals surface area contributed by atoms with Gasteiger partial charge in [0.15, 0.2) is 9.84 Å². The lowest BCUT2D eigenvalue weighted by atomic mass is 9.83. The maximum Gasteiger partial charge on any atom is 0.156 e. The molecule has 0 amide bonds. The Labute approximate surface area is 92.8 Å². The van der Waals surface area contributed by atoms with E-state index in [2.05, 4.69) is 4.90 Å². The molecule has 2 rings (SSSR count). The summed E-state index contributed by atoms with van der Waals surface area (Å²) in [6, 6.07) is 0. The molecule has 0 N–H and O–H groups in total. The predicted octanol–water partition coefficient (Wildman–Crippen LogP) is 1.44. The molecule has 1 aliphatic heterocycles. The first-order chi connectivity index (χ1) is 6.99. The summed E-state index contributed by atoms with van der Waals surface area (Å²) in [4.78, 5) is 2.16. The fourth-order valence-corrected chi connectivity index (χ4v) is 6.02. The van der Waals surface area contributed by atoms with Gasteiger partial charge in [0, 0.05) is 0 Å². The minimum absolute atomic E-state index is 0.0285. The first-order valence-electron chi connectivity index (χ1n) is 5.88. The van der Waals surface area contributed by atoms with Crippen LogP contribution in [0.3, 0.4) is 0 Å². The third-order valence-corrected chi connectivity index (χ3v) is 6.64. The highest BCUT2D eigenvalue weighted by Crippen LogP contribution is 2.44. The molecule has 1 saturated carbocycles. The highest BCUT2D eigenvalue weighted by molar-refractivity contribution is 7.93. The molecule has 15 heavy (non-hydrogen) atoms. The lowest BCUT2D eigenvalue weighted by Gasteiger charge is -2.54. The maximum atomic E-state index is 11.8. The number of hydrogen-bond acceptors (Lipinski definition) is 3. The summed E-state index contributed by atoms with van der Waals surface area (Å²) >= 11 is 0. The first-order valence-corrected chi connectivity index (χ1v) is 7.60. The third-order valence-electron chi connectivity index (χ3n) is 4.20. The Balaban J connectivity index is 2.25. The molecule has 1 saturated heterocycles. The van der Waals surface area contributed by atoms with Crippen molar-refractivity contribution in [1.82, 2.24) is 4.90 Å². The lowest BCUT2D eigenvalue weighted by molar-refractivity contribution is 0.118. The van der Waals surface area contributed by atoms with Gasteiger partial charge in [0.2, 0.25) is 0 Å². The van der Waals surface area contributed by atoms with E-state index in [1.165, 1.54) is 19.3 Å². The molecule has 1 heterocycles. The Bertz CT molecular complexity index is 336. The molecular formula is C11H21NO2S. The molecular weight excluding hydrogens is 210 g/mol. The smallest absolute Gasteiger partial charge is 0.156 e. The van der Waals surface area contributed by atoms with Gasteiger partial charge in [-0.2, -0.15) is 0 Å². The minimum Gasteiger partial charge on any atom is -0.301 e. The summed E-state index contributed by atoms with van der Waals surface area (Å²) in [5.41, 5.74) is -0.0285. The number of rotatable bonds is 1. The van der Waals surface area contributed by atoms with Crippen molar-refractivity contribution in [2.45, 2.75) is 49.3 Å². The molecule has 2 aliphatic rings. The summed E-state index contributed by atoms with van der Waals surface area (Å²) in [5.74, 6) is 0.387. The van der Waals surface area contributed by atoms with Crippen molar-refractivity contribution in [3.05, 3.63) is 0 Å². The minimum atomic E-state index is -2.77. The second-order valence-corrected chi connectivity index (χ2v) is 7.43. The van der Waals surface area contributed by atoms with E-state index in [9.17, 15) is 8.42 Å². The van der Waals surface area contributed by atoms with Crippen molar-refractivity contribution in [3.63, 3.8) is 0 Å². The number of sulfone groups is 1. The van der Waals surface area contributed by atoms with E-state index < -0.39 is 9.84 Å². The van der Waals surface area contributed by atoms with Crippen LogP contribution in [0.15, 0.2) is 0 Å². The molecule has 1 aliphatic carbocycles. The average molecular weight is 231 g/mol. The molecule has 0 aromatic rings. The standard InChI is InChI=1S/C11H21NO2S/c1-12(2)11-8-6-4-3-5-7-10(11)15(13,14)9-11/h10H,3-9H2,1-2H3/t10-,11+/m0/s1. The van der Waals surface area contributed by atoms with Gasteiger partial charge < -0.3 is 4.90 Å². The van der Waals surface area contributed by atoms with Gasteiger partial charge in [0.25, 0.3) is 0 Å². The van der Waals surface area contributed by atoms with Crippen LogP contribution in [0.4, 0.5) is 0 Å². The summed E-state index contributed by atoms with van der Waals surface area (Å²) in [7, 11) is 1.30. The second kappa shape index (κ2) is 3.74. The Morgan fingerprint density at radius 3 is 2.40 bits per heavy atom. The lowest BCUT2D eigenvalue weighted by Crippen LogP contribution is -2.70. The second-order valence-electron chi connectivity index (χ2n) is 5.25. The van der Waals surface area contributed by atoms with Crippen molar-refractivity contribution in [2.24, 2.45) is 0 Å². The van der Waals surface area contributed by atoms with Gasteiger partial charge in [-0.15, -0.1) is 0 Å². The van der Waals surface area contributed by atoms with Crippen LogP contribution in [0.25, 0.3) is 0 Å². The van der Waals surface area contributed by atoms with Crippen LogP contribution in [0.2, 0.25) is 0 Å². The Morgan fingerprint density at radius 2 is 1.80 bits per heavy atom. The Morgan fingerprint density at radius 1 is 1.13 bits per heavy atom. The largest absolute Gasteiger partial charge is 0.301 e. The summed E-state index contributed by atoms with van der Waals surface area (Å²) in [5, 5.41) is -0.0831. The van der Waals surface area contributed by atoms with Gasteiger partial charge in [-0.1, -0.05) is 25.7 Å². The summed E-state index contributed by atoms with van der Waals surface area (Å²) < 4.78 is 23.6. The van der Waals surface area contributed by atoms with Gasteiger partial charge in [0.1, 0.15) is 0 Å². The average Bonchev–Trinajstić information content (AvgIpc) is 2.09. The van der Waals surface area contributed by atoms with E-state index >= 15 is 0 Å².